The lowest BCUT2D eigenvalue weighted by Gasteiger charge is -2.29. The molecule has 2 saturated carbocycles. The molecule has 1 aromatic heterocycles. The van der Waals surface area contributed by atoms with Crippen LogP contribution in [0, 0.1) is 5.92 Å². The first-order valence-electron chi connectivity index (χ1n) is 17.4. The summed E-state index contributed by atoms with van der Waals surface area (Å²) >= 11 is 1.42. The number of hydrogen-bond acceptors (Lipinski definition) is 10. The number of aromatic carboxylic acids is 1. The number of benzene rings is 1. The zero-order valence-electron chi connectivity index (χ0n) is 28.4. The third kappa shape index (κ3) is 7.54. The van der Waals surface area contributed by atoms with Crippen LogP contribution in [0.3, 0.4) is 0 Å². The molecule has 50 heavy (non-hydrogen) atoms. The van der Waals surface area contributed by atoms with E-state index in [-0.39, 0.29) is 36.4 Å². The van der Waals surface area contributed by atoms with Gasteiger partial charge in [-0.25, -0.2) is 19.4 Å². The van der Waals surface area contributed by atoms with E-state index in [9.17, 15) is 29.1 Å². The summed E-state index contributed by atoms with van der Waals surface area (Å²) in [6.07, 6.45) is 11.6. The minimum absolute atomic E-state index is 0.0181. The molecule has 0 spiro atoms. The number of hydrogen-bond donors (Lipinski definition) is 3. The summed E-state index contributed by atoms with van der Waals surface area (Å²) < 4.78 is 17.2. The molecule has 4 aliphatic rings. The summed E-state index contributed by atoms with van der Waals surface area (Å²) in [5, 5.41) is 16.2. The van der Waals surface area contributed by atoms with E-state index in [1.807, 2.05) is 30.5 Å². The average Bonchev–Trinajstić information content (AvgIpc) is 3.38. The molecule has 3 N–H and O–H groups in total. The van der Waals surface area contributed by atoms with Crippen LogP contribution >= 0.6 is 11.8 Å². The molecule has 268 valence electrons. The Balaban J connectivity index is 1.32. The molecular weight excluding hydrogens is 664 g/mol. The van der Waals surface area contributed by atoms with Crippen molar-refractivity contribution < 1.29 is 43.3 Å². The lowest BCUT2D eigenvalue weighted by Crippen LogP contribution is -2.56. The number of carboxylic acids is 1. The number of fused-ring (bicyclic) bond motifs is 3. The predicted octanol–water partition coefficient (Wildman–Crippen LogP) is 4.61. The summed E-state index contributed by atoms with van der Waals surface area (Å²) in [4.78, 5) is 73.2. The lowest BCUT2D eigenvalue weighted by molar-refractivity contribution is -0.148. The van der Waals surface area contributed by atoms with Gasteiger partial charge in [-0.1, -0.05) is 31.1 Å². The van der Waals surface area contributed by atoms with Gasteiger partial charge in [0.05, 0.1) is 19.2 Å². The Morgan fingerprint density at radius 3 is 2.60 bits per heavy atom. The van der Waals surface area contributed by atoms with E-state index in [2.05, 4.69) is 15.6 Å². The number of alkyl carbamates (subject to hydrolysis) is 1. The maximum Gasteiger partial charge on any atom is 0.408 e. The smallest absolute Gasteiger partial charge is 0.408 e. The number of carbonyl (C=O) groups is 5. The molecule has 1 aromatic carbocycles. The Kier molecular flexibility index (Phi) is 10.8. The van der Waals surface area contributed by atoms with Crippen molar-refractivity contribution in [3.8, 4) is 5.75 Å². The van der Waals surface area contributed by atoms with Gasteiger partial charge in [-0.3, -0.25) is 9.59 Å². The summed E-state index contributed by atoms with van der Waals surface area (Å²) in [6.45, 7) is -0.0181. The van der Waals surface area contributed by atoms with Gasteiger partial charge in [0, 0.05) is 28.7 Å². The van der Waals surface area contributed by atoms with E-state index in [0.29, 0.717) is 30.2 Å². The Labute approximate surface area is 294 Å². The number of nitrogens with zero attached hydrogens (tertiary/aromatic N) is 2. The van der Waals surface area contributed by atoms with Crippen molar-refractivity contribution in [1.82, 2.24) is 20.5 Å². The molecular formula is C36H44N4O9S. The first-order valence-corrected chi connectivity index (χ1v) is 18.6. The van der Waals surface area contributed by atoms with Gasteiger partial charge in [0.25, 0.3) is 0 Å². The van der Waals surface area contributed by atoms with Crippen molar-refractivity contribution in [2.75, 3.05) is 19.9 Å². The number of para-hydroxylation sites is 1. The van der Waals surface area contributed by atoms with Crippen LogP contribution in [-0.4, -0.2) is 94.6 Å². The Hall–Kier alpha value is -4.33. The fourth-order valence-corrected chi connectivity index (χ4v) is 7.96. The molecule has 13 nitrogen and oxygen atoms in total. The predicted molar refractivity (Wildman–Crippen MR) is 184 cm³/mol. The number of aromatic nitrogens is 1. The second-order valence-electron chi connectivity index (χ2n) is 13.5. The second kappa shape index (κ2) is 15.3. The van der Waals surface area contributed by atoms with Gasteiger partial charge in [-0.2, -0.15) is 0 Å². The number of ether oxygens (including phenoxy) is 3. The first kappa shape index (κ1) is 35.5. The summed E-state index contributed by atoms with van der Waals surface area (Å²) in [6, 6.07) is 4.80. The SMILES string of the molecule is COC(=O)[C@@]12C[C@@H]1/C=C\CCCCC[C@H](NC(=O)OC1CCCC1)C(=O)N1C[C@H](Oc3cc(C(=O)O)nc4c(SC)cccc34)C[C@H]1C(=O)N2. The topological polar surface area (TPSA) is 173 Å². The van der Waals surface area contributed by atoms with E-state index in [4.69, 9.17) is 14.2 Å². The molecule has 0 unspecified atom stereocenters. The highest BCUT2D eigenvalue weighted by molar-refractivity contribution is 7.98. The maximum atomic E-state index is 14.4. The minimum Gasteiger partial charge on any atom is -0.488 e. The van der Waals surface area contributed by atoms with Crippen LogP contribution < -0.4 is 15.4 Å². The molecule has 3 fully saturated rings. The van der Waals surface area contributed by atoms with Crippen LogP contribution in [0.15, 0.2) is 41.3 Å². The van der Waals surface area contributed by atoms with Crippen LogP contribution in [0.1, 0.15) is 81.1 Å². The molecule has 2 aromatic rings. The number of carbonyl (C=O) groups excluding carboxylic acids is 4. The van der Waals surface area contributed by atoms with Crippen molar-refractivity contribution in [2.45, 2.75) is 105 Å². The van der Waals surface area contributed by atoms with Crippen LogP contribution in [0.2, 0.25) is 0 Å². The monoisotopic (exact) mass is 708 g/mol. The highest BCUT2D eigenvalue weighted by Crippen LogP contribution is 2.46. The maximum absolute atomic E-state index is 14.4. The molecule has 2 aliphatic heterocycles. The molecule has 0 radical (unpaired) electrons. The van der Waals surface area contributed by atoms with Crippen molar-refractivity contribution >= 4 is 52.5 Å². The normalized spacial score (nSPS) is 28.0. The van der Waals surface area contributed by atoms with Gasteiger partial charge in [-0.05, 0) is 69.8 Å². The molecule has 0 bridgehead atoms. The number of thioether (sulfide) groups is 1. The van der Waals surface area contributed by atoms with Gasteiger partial charge in [0.2, 0.25) is 11.8 Å². The van der Waals surface area contributed by atoms with Crippen molar-refractivity contribution in [3.63, 3.8) is 0 Å². The zero-order valence-corrected chi connectivity index (χ0v) is 29.2. The highest BCUT2D eigenvalue weighted by atomic mass is 32.2. The van der Waals surface area contributed by atoms with E-state index >= 15 is 0 Å². The van der Waals surface area contributed by atoms with E-state index in [1.165, 1.54) is 29.8 Å². The van der Waals surface area contributed by atoms with Crippen LogP contribution in [0.5, 0.6) is 5.75 Å². The second-order valence-corrected chi connectivity index (χ2v) is 14.3. The molecule has 5 atom stereocenters. The lowest BCUT2D eigenvalue weighted by atomic mass is 10.0. The molecule has 14 heteroatoms. The van der Waals surface area contributed by atoms with Gasteiger partial charge in [-0.15, -0.1) is 11.8 Å². The minimum atomic E-state index is -1.25. The fraction of sp³-hybridized carbons (Fsp3) is 0.556. The van der Waals surface area contributed by atoms with Gasteiger partial charge < -0.3 is 34.9 Å². The number of pyridine rings is 1. The number of rotatable bonds is 7. The Morgan fingerprint density at radius 2 is 1.86 bits per heavy atom. The van der Waals surface area contributed by atoms with Gasteiger partial charge in [0.15, 0.2) is 5.69 Å². The van der Waals surface area contributed by atoms with Crippen molar-refractivity contribution in [1.29, 1.82) is 0 Å². The third-order valence-corrected chi connectivity index (χ3v) is 10.9. The number of carboxylic acid groups (broad SMARTS) is 1. The van der Waals surface area contributed by atoms with Crippen molar-refractivity contribution in [2.24, 2.45) is 5.92 Å². The number of allylic oxidation sites excluding steroid dienone is 1. The van der Waals surface area contributed by atoms with E-state index in [0.717, 1.165) is 49.8 Å². The van der Waals surface area contributed by atoms with Crippen molar-refractivity contribution in [3.05, 3.63) is 42.1 Å². The first-order chi connectivity index (χ1) is 24.1. The molecule has 1 saturated heterocycles. The van der Waals surface area contributed by atoms with Crippen LogP contribution in [0.25, 0.3) is 10.9 Å². The zero-order chi connectivity index (χ0) is 35.4. The number of nitrogens with one attached hydrogen (secondary N) is 2. The molecule has 2 aliphatic carbocycles. The Bertz CT molecular complexity index is 1680. The molecule has 3 amide bonds. The van der Waals surface area contributed by atoms with E-state index < -0.39 is 53.6 Å². The summed E-state index contributed by atoms with van der Waals surface area (Å²) in [5.74, 6) is -2.76. The average molecular weight is 709 g/mol. The third-order valence-electron chi connectivity index (χ3n) is 10.2. The number of esters is 1. The molecule has 3 heterocycles. The number of amides is 3. The van der Waals surface area contributed by atoms with Gasteiger partial charge in [0.1, 0.15) is 35.6 Å². The van der Waals surface area contributed by atoms with E-state index in [1.54, 1.807) is 6.07 Å². The number of methoxy groups -OCH3 is 1. The summed E-state index contributed by atoms with van der Waals surface area (Å²) in [5.41, 5.74) is -0.979. The van der Waals surface area contributed by atoms with Gasteiger partial charge >= 0.3 is 18.0 Å². The van der Waals surface area contributed by atoms with Crippen LogP contribution in [0.4, 0.5) is 4.79 Å². The van der Waals surface area contributed by atoms with Crippen LogP contribution in [-0.2, 0) is 23.9 Å². The standard InChI is InChI=1S/C36H44N4O9S/c1-47-34(45)36-19-21(36)11-6-4-3-5-7-15-25(38-35(46)49-22-12-8-9-13-22)32(42)40-20-23(17-27(40)31(41)39-36)48-28-18-26(33(43)44)37-30-24(28)14-10-16-29(30)50-2/h6,10-11,14,16,18,21-23,25,27H,3-5,7-9,12-13,15,17,19-20H2,1-2H3,(H,38,46)(H,39,41)(H,43,44)/b11-6-/t21-,23+,25-,27-,36+/m0/s1. The highest BCUT2D eigenvalue weighted by Gasteiger charge is 2.62. The summed E-state index contributed by atoms with van der Waals surface area (Å²) in [7, 11) is 1.28. The Morgan fingerprint density at radius 1 is 1.08 bits per heavy atom. The quantitative estimate of drug-likeness (QED) is 0.208. The molecule has 6 rings (SSSR count). The largest absolute Gasteiger partial charge is 0.488 e. The fourth-order valence-electron chi connectivity index (χ4n) is 7.39.